The van der Waals surface area contributed by atoms with Crippen LogP contribution >= 0.6 is 0 Å². The van der Waals surface area contributed by atoms with E-state index in [4.69, 9.17) is 16.6 Å². The van der Waals surface area contributed by atoms with Gasteiger partial charge in [-0.05, 0) is 32.1 Å². The summed E-state index contributed by atoms with van der Waals surface area (Å²) in [6.07, 6.45) is -2.49. The van der Waals surface area contributed by atoms with Gasteiger partial charge in [-0.15, -0.1) is 0 Å². The molecule has 0 aliphatic heterocycles. The van der Waals surface area contributed by atoms with Gasteiger partial charge in [-0.1, -0.05) is 13.8 Å². The SMILES string of the molecule is CC(C)CC(NC(=O)C(CCC(N)=O)NC(=O)C(N)C(C)O)C(=O)NC(CCC(=O)O)C(=O)O. The third-order valence-corrected chi connectivity index (χ3v) is 4.74. The molecule has 0 aromatic carbocycles. The zero-order valence-electron chi connectivity index (χ0n) is 19.4. The van der Waals surface area contributed by atoms with Gasteiger partial charge in [0.2, 0.25) is 23.6 Å². The van der Waals surface area contributed by atoms with Crippen molar-refractivity contribution in [2.45, 2.75) is 83.1 Å². The summed E-state index contributed by atoms with van der Waals surface area (Å²) in [7, 11) is 0. The third-order valence-electron chi connectivity index (χ3n) is 4.74. The van der Waals surface area contributed by atoms with Gasteiger partial charge >= 0.3 is 11.9 Å². The minimum Gasteiger partial charge on any atom is -0.481 e. The van der Waals surface area contributed by atoms with E-state index in [9.17, 15) is 39.0 Å². The zero-order chi connectivity index (χ0) is 26.6. The van der Waals surface area contributed by atoms with Gasteiger partial charge in [0.1, 0.15) is 24.2 Å². The molecule has 0 rings (SSSR count). The molecule has 0 saturated carbocycles. The van der Waals surface area contributed by atoms with Crippen molar-refractivity contribution in [3.8, 4) is 0 Å². The van der Waals surface area contributed by atoms with E-state index in [-0.39, 0.29) is 31.6 Å². The van der Waals surface area contributed by atoms with Crippen molar-refractivity contribution in [3.63, 3.8) is 0 Å². The number of carbonyl (C=O) groups excluding carboxylic acids is 4. The summed E-state index contributed by atoms with van der Waals surface area (Å²) >= 11 is 0. The van der Waals surface area contributed by atoms with Gasteiger partial charge in [-0.2, -0.15) is 0 Å². The molecule has 14 heteroatoms. The Labute approximate surface area is 196 Å². The van der Waals surface area contributed by atoms with Gasteiger partial charge in [0.25, 0.3) is 0 Å². The lowest BCUT2D eigenvalue weighted by Crippen LogP contribution is -2.58. The van der Waals surface area contributed by atoms with Crippen LogP contribution < -0.4 is 27.4 Å². The zero-order valence-corrected chi connectivity index (χ0v) is 19.4. The molecule has 0 aliphatic rings. The number of carboxylic acid groups (broad SMARTS) is 2. The Morgan fingerprint density at radius 3 is 1.68 bits per heavy atom. The number of aliphatic hydroxyl groups excluding tert-OH is 1. The van der Waals surface area contributed by atoms with Gasteiger partial charge < -0.3 is 42.7 Å². The first-order valence-corrected chi connectivity index (χ1v) is 10.7. The number of carboxylic acids is 2. The number of nitrogens with two attached hydrogens (primary N) is 2. The molecule has 10 N–H and O–H groups in total. The first kappa shape index (κ1) is 30.7. The Hall–Kier alpha value is -3.26. The molecule has 0 aromatic rings. The van der Waals surface area contributed by atoms with E-state index in [1.54, 1.807) is 13.8 Å². The third kappa shape index (κ3) is 12.1. The molecule has 5 atom stereocenters. The normalized spacial score (nSPS) is 15.4. The van der Waals surface area contributed by atoms with Crippen LogP contribution in [0.15, 0.2) is 0 Å². The summed E-state index contributed by atoms with van der Waals surface area (Å²) in [5.41, 5.74) is 10.7. The van der Waals surface area contributed by atoms with Crippen molar-refractivity contribution in [2.75, 3.05) is 0 Å². The summed E-state index contributed by atoms with van der Waals surface area (Å²) in [4.78, 5) is 71.1. The average molecular weight is 490 g/mol. The van der Waals surface area contributed by atoms with Crippen molar-refractivity contribution in [3.05, 3.63) is 0 Å². The fourth-order valence-corrected chi connectivity index (χ4v) is 2.82. The van der Waals surface area contributed by atoms with Crippen LogP contribution in [0.3, 0.4) is 0 Å². The van der Waals surface area contributed by atoms with E-state index < -0.39 is 72.3 Å². The Morgan fingerprint density at radius 2 is 1.24 bits per heavy atom. The lowest BCUT2D eigenvalue weighted by molar-refractivity contribution is -0.143. The summed E-state index contributed by atoms with van der Waals surface area (Å²) in [5.74, 6) is -6.14. The van der Waals surface area contributed by atoms with Crippen LogP contribution in [0.1, 0.15) is 52.9 Å². The second kappa shape index (κ2) is 14.8. The van der Waals surface area contributed by atoms with Crippen molar-refractivity contribution >= 4 is 35.6 Å². The van der Waals surface area contributed by atoms with Crippen molar-refractivity contribution in [1.29, 1.82) is 0 Å². The molecule has 0 radical (unpaired) electrons. The lowest BCUT2D eigenvalue weighted by Gasteiger charge is -2.26. The van der Waals surface area contributed by atoms with Crippen LogP contribution in [0.4, 0.5) is 0 Å². The monoisotopic (exact) mass is 489 g/mol. The molecule has 34 heavy (non-hydrogen) atoms. The Morgan fingerprint density at radius 1 is 0.765 bits per heavy atom. The van der Waals surface area contributed by atoms with Gasteiger partial charge in [0, 0.05) is 12.8 Å². The maximum absolute atomic E-state index is 12.9. The van der Waals surface area contributed by atoms with Gasteiger partial charge in [0.15, 0.2) is 0 Å². The number of hydrogen-bond donors (Lipinski definition) is 8. The number of carbonyl (C=O) groups is 6. The predicted molar refractivity (Wildman–Crippen MR) is 118 cm³/mol. The van der Waals surface area contributed by atoms with Crippen molar-refractivity contribution < 1.29 is 44.1 Å². The van der Waals surface area contributed by atoms with Gasteiger partial charge in [-0.25, -0.2) is 4.79 Å². The molecule has 0 fully saturated rings. The number of amides is 4. The largest absolute Gasteiger partial charge is 0.481 e. The summed E-state index contributed by atoms with van der Waals surface area (Å²) in [5, 5.41) is 34.5. The van der Waals surface area contributed by atoms with Crippen molar-refractivity contribution in [2.24, 2.45) is 17.4 Å². The number of rotatable bonds is 16. The first-order valence-electron chi connectivity index (χ1n) is 10.7. The molecule has 0 aliphatic carbocycles. The Balaban J connectivity index is 5.57. The van der Waals surface area contributed by atoms with E-state index in [1.807, 2.05) is 0 Å². The molecule has 0 aromatic heterocycles. The molecule has 0 bridgehead atoms. The Kier molecular flexibility index (Phi) is 13.4. The minimum atomic E-state index is -1.50. The van der Waals surface area contributed by atoms with Crippen LogP contribution in [-0.2, 0) is 28.8 Å². The van der Waals surface area contributed by atoms with Gasteiger partial charge in [-0.3, -0.25) is 24.0 Å². The fourth-order valence-electron chi connectivity index (χ4n) is 2.82. The van der Waals surface area contributed by atoms with E-state index in [1.165, 1.54) is 6.92 Å². The first-order chi connectivity index (χ1) is 15.6. The van der Waals surface area contributed by atoms with Crippen LogP contribution in [0, 0.1) is 5.92 Å². The maximum atomic E-state index is 12.9. The average Bonchev–Trinajstić information content (AvgIpc) is 2.71. The minimum absolute atomic E-state index is 0.0898. The fraction of sp³-hybridized carbons (Fsp3) is 0.700. The van der Waals surface area contributed by atoms with Crippen molar-refractivity contribution in [1.82, 2.24) is 16.0 Å². The van der Waals surface area contributed by atoms with Crippen LogP contribution in [0.25, 0.3) is 0 Å². The van der Waals surface area contributed by atoms with E-state index in [2.05, 4.69) is 16.0 Å². The van der Waals surface area contributed by atoms with Crippen LogP contribution in [0.5, 0.6) is 0 Å². The topological polar surface area (TPSA) is 251 Å². The van der Waals surface area contributed by atoms with E-state index in [0.29, 0.717) is 0 Å². The Bertz CT molecular complexity index is 757. The molecule has 4 amide bonds. The number of aliphatic carboxylic acids is 2. The molecule has 0 saturated heterocycles. The molecule has 14 nitrogen and oxygen atoms in total. The predicted octanol–water partition coefficient (Wildman–Crippen LogP) is -2.59. The lowest BCUT2D eigenvalue weighted by atomic mass is 10.0. The van der Waals surface area contributed by atoms with E-state index in [0.717, 1.165) is 0 Å². The highest BCUT2D eigenvalue weighted by molar-refractivity contribution is 5.94. The standard InChI is InChI=1S/C20H35N5O9/c1-9(2)8-13(18(31)24-12(20(33)34)5-7-15(28)29)25-17(30)11(4-6-14(21)27)23-19(32)16(22)10(3)26/h9-13,16,26H,4-8,22H2,1-3H3,(H2,21,27)(H,23,32)(H,24,31)(H,25,30)(H,28,29)(H,33,34). The molecule has 0 heterocycles. The highest BCUT2D eigenvalue weighted by atomic mass is 16.4. The highest BCUT2D eigenvalue weighted by Gasteiger charge is 2.31. The number of aliphatic hydroxyl groups is 1. The number of nitrogens with one attached hydrogen (secondary N) is 3. The summed E-state index contributed by atoms with van der Waals surface area (Å²) < 4.78 is 0. The van der Waals surface area contributed by atoms with Gasteiger partial charge in [0.05, 0.1) is 6.10 Å². The maximum Gasteiger partial charge on any atom is 0.326 e. The van der Waals surface area contributed by atoms with E-state index >= 15 is 0 Å². The second-order valence-corrected chi connectivity index (χ2v) is 8.36. The molecular weight excluding hydrogens is 454 g/mol. The van der Waals surface area contributed by atoms with Crippen LogP contribution in [0.2, 0.25) is 0 Å². The number of primary amides is 1. The smallest absolute Gasteiger partial charge is 0.326 e. The summed E-state index contributed by atoms with van der Waals surface area (Å²) in [6.45, 7) is 4.77. The molecule has 0 spiro atoms. The second-order valence-electron chi connectivity index (χ2n) is 8.36. The molecule has 194 valence electrons. The number of hydrogen-bond acceptors (Lipinski definition) is 8. The quantitative estimate of drug-likeness (QED) is 0.112. The molecule has 5 unspecified atom stereocenters. The highest BCUT2D eigenvalue weighted by Crippen LogP contribution is 2.09. The summed E-state index contributed by atoms with van der Waals surface area (Å²) in [6, 6.07) is -5.40. The molecular formula is C20H35N5O9. The van der Waals surface area contributed by atoms with Crippen LogP contribution in [-0.4, -0.2) is 81.2 Å².